The molecule has 0 N–H and O–H groups in total. The quantitative estimate of drug-likeness (QED) is 0.0801. The molecule has 258 valence electrons. The van der Waals surface area contributed by atoms with E-state index in [-0.39, 0.29) is 8.95 Å². The van der Waals surface area contributed by atoms with Crippen LogP contribution in [0.3, 0.4) is 0 Å². The Morgan fingerprint density at radius 3 is 1.45 bits per heavy atom. The monoisotopic (exact) mass is 880 g/mol. The van der Waals surface area contributed by atoms with E-state index in [0.717, 1.165) is 58.1 Å². The minimum Gasteiger partial charge on any atom is -0.215 e. The zero-order chi connectivity index (χ0) is 34.4. The van der Waals surface area contributed by atoms with Gasteiger partial charge in [0.05, 0.1) is 33.2 Å². The first-order valence-corrected chi connectivity index (χ1v) is 24.1. The maximum Gasteiger partial charge on any atom is 0.230 e. The summed E-state index contributed by atoms with van der Waals surface area (Å²) in [6.07, 6.45) is 9.47. The van der Waals surface area contributed by atoms with Gasteiger partial charge in [-0.3, -0.25) is 0 Å². The van der Waals surface area contributed by atoms with Crippen LogP contribution in [0.1, 0.15) is 79.1 Å². The largest absolute Gasteiger partial charge is 0.230 e. The number of aromatic nitrogens is 6. The van der Waals surface area contributed by atoms with Gasteiger partial charge < -0.3 is 0 Å². The van der Waals surface area contributed by atoms with Crippen molar-refractivity contribution in [3.8, 4) is 30.9 Å². The van der Waals surface area contributed by atoms with Crippen molar-refractivity contribution < 1.29 is 8.78 Å². The second kappa shape index (κ2) is 14.8. The molecule has 0 spiro atoms. The van der Waals surface area contributed by atoms with Gasteiger partial charge in [-0.25, -0.2) is 9.97 Å². The zero-order valence-electron chi connectivity index (χ0n) is 27.7. The molecule has 0 aliphatic carbocycles. The van der Waals surface area contributed by atoms with Gasteiger partial charge in [0.15, 0.2) is 0 Å². The fraction of sp³-hybridized carbons (Fsp3) is 0.471. The number of nitrogens with zero attached hydrogens (tertiary/aromatic N) is 6. The average molecular weight is 883 g/mol. The van der Waals surface area contributed by atoms with E-state index in [1.165, 1.54) is 58.7 Å². The molecule has 1 aliphatic rings. The highest BCUT2D eigenvalue weighted by atomic mass is 79.9. The third-order valence-electron chi connectivity index (χ3n) is 10.2. The topological polar surface area (TPSA) is 77.3 Å². The van der Waals surface area contributed by atoms with E-state index in [9.17, 15) is 0 Å². The molecular weight excluding hydrogens is 847 g/mol. The lowest BCUT2D eigenvalue weighted by Crippen LogP contribution is -2.56. The number of fused-ring (bicyclic) bond motifs is 5. The van der Waals surface area contributed by atoms with Gasteiger partial charge in [0, 0.05) is 9.75 Å². The number of hydrogen-bond donors (Lipinski definition) is 0. The van der Waals surface area contributed by atoms with Crippen LogP contribution in [0, 0.1) is 23.7 Å². The molecule has 0 bridgehead atoms. The van der Waals surface area contributed by atoms with Crippen LogP contribution in [-0.2, 0) is 0 Å². The molecule has 6 aromatic heterocycles. The van der Waals surface area contributed by atoms with Crippen molar-refractivity contribution in [2.75, 3.05) is 0 Å². The highest BCUT2D eigenvalue weighted by Gasteiger charge is 2.50. The lowest BCUT2D eigenvalue weighted by Gasteiger charge is -2.35. The van der Waals surface area contributed by atoms with Gasteiger partial charge in [0.1, 0.15) is 50.5 Å². The van der Waals surface area contributed by atoms with E-state index in [1.807, 2.05) is 0 Å². The maximum atomic E-state index is 15.2. The van der Waals surface area contributed by atoms with E-state index in [0.29, 0.717) is 45.3 Å². The minimum atomic E-state index is -2.43. The third-order valence-corrected chi connectivity index (χ3v) is 20.8. The van der Waals surface area contributed by atoms with Crippen molar-refractivity contribution in [2.45, 2.75) is 91.1 Å². The lowest BCUT2D eigenvalue weighted by atomic mass is 10.0. The van der Waals surface area contributed by atoms with Crippen LogP contribution in [0.25, 0.3) is 53.0 Å². The Morgan fingerprint density at radius 1 is 0.653 bits per heavy atom. The van der Waals surface area contributed by atoms with E-state index >= 15 is 8.78 Å². The highest BCUT2D eigenvalue weighted by Crippen LogP contribution is 2.50. The third kappa shape index (κ3) is 6.30. The summed E-state index contributed by atoms with van der Waals surface area (Å²) in [4.78, 5) is 13.2. The van der Waals surface area contributed by atoms with Crippen LogP contribution in [0.5, 0.6) is 0 Å². The van der Waals surface area contributed by atoms with Crippen molar-refractivity contribution >= 4 is 119 Å². The summed E-state index contributed by atoms with van der Waals surface area (Å²) in [5.74, 6) is 0.0334. The molecule has 0 saturated heterocycles. The zero-order valence-corrected chi connectivity index (χ0v) is 35.1. The maximum absolute atomic E-state index is 15.2. The normalized spacial score (nSPS) is 14.9. The number of halogens is 4. The molecule has 2 unspecified atom stereocenters. The molecule has 6 aromatic rings. The first-order valence-electron chi connectivity index (χ1n) is 17.0. The van der Waals surface area contributed by atoms with Gasteiger partial charge in [-0.15, -0.1) is 22.7 Å². The minimum absolute atomic E-state index is 0.249. The van der Waals surface area contributed by atoms with Crippen LogP contribution in [0.2, 0.25) is 12.1 Å². The molecule has 7 heterocycles. The summed E-state index contributed by atoms with van der Waals surface area (Å²) in [6, 6.07) is 6.99. The van der Waals surface area contributed by atoms with Crippen LogP contribution in [-0.4, -0.2) is 35.5 Å². The van der Waals surface area contributed by atoms with E-state index in [2.05, 4.69) is 99.1 Å². The number of rotatable bonds is 14. The van der Waals surface area contributed by atoms with Gasteiger partial charge in [-0.2, -0.15) is 26.3 Å². The first-order chi connectivity index (χ1) is 23.7. The molecule has 1 aliphatic heterocycles. The van der Waals surface area contributed by atoms with Crippen molar-refractivity contribution in [1.82, 2.24) is 27.5 Å². The predicted molar refractivity (Wildman–Crippen MR) is 213 cm³/mol. The Hall–Kier alpha value is -1.62. The van der Waals surface area contributed by atoms with Crippen LogP contribution >= 0.6 is 78.0 Å². The van der Waals surface area contributed by atoms with Crippen LogP contribution in [0.15, 0.2) is 21.1 Å². The molecule has 0 saturated carbocycles. The molecule has 0 aromatic carbocycles. The number of unbranched alkanes of at least 4 members (excludes halogenated alkanes) is 2. The molecule has 0 radical (unpaired) electrons. The van der Waals surface area contributed by atoms with Crippen molar-refractivity contribution in [3.63, 3.8) is 0 Å². The fourth-order valence-corrected chi connectivity index (χ4v) is 20.0. The van der Waals surface area contributed by atoms with Gasteiger partial charge in [0.2, 0.25) is 11.9 Å². The van der Waals surface area contributed by atoms with Crippen molar-refractivity contribution in [1.29, 1.82) is 0 Å². The van der Waals surface area contributed by atoms with Gasteiger partial charge >= 0.3 is 0 Å². The Kier molecular flexibility index (Phi) is 10.8. The molecule has 0 amide bonds. The van der Waals surface area contributed by atoms with Gasteiger partial charge in [-0.05, 0) is 78.3 Å². The highest BCUT2D eigenvalue weighted by molar-refractivity contribution is 9.11. The summed E-state index contributed by atoms with van der Waals surface area (Å²) in [5, 5.41) is 2.89. The molecule has 49 heavy (non-hydrogen) atoms. The van der Waals surface area contributed by atoms with Gasteiger partial charge in [0.25, 0.3) is 0 Å². The van der Waals surface area contributed by atoms with Crippen LogP contribution in [0.4, 0.5) is 8.78 Å². The number of pyridine rings is 2. The molecule has 6 nitrogen and oxygen atoms in total. The summed E-state index contributed by atoms with van der Waals surface area (Å²) in [7, 11) is -2.43. The summed E-state index contributed by atoms with van der Waals surface area (Å²) < 4.78 is 48.9. The van der Waals surface area contributed by atoms with Crippen molar-refractivity contribution in [2.24, 2.45) is 11.8 Å². The standard InChI is InChI=1S/C34H36Br2F2N6S4Si/c1-5-9-11-17(7-3)15-49(16-18(8-4)12-10-6-2)21-13-19(25-29-27(41-47-43-29)23(35)33(37)39-25)45-31(21)32-22(49)14-20(46-32)26-30-28(42-48-44-30)24(36)34(38)40-26/h13-14,17-18H,5-12,15-16H2,1-4H3. The Labute approximate surface area is 319 Å². The average Bonchev–Trinajstić information content (AvgIpc) is 3.94. The van der Waals surface area contributed by atoms with Gasteiger partial charge in [-0.1, -0.05) is 79.1 Å². The Morgan fingerprint density at radius 2 is 1.06 bits per heavy atom. The van der Waals surface area contributed by atoms with Crippen molar-refractivity contribution in [3.05, 3.63) is 33.0 Å². The lowest BCUT2D eigenvalue weighted by molar-refractivity contribution is 0.469. The van der Waals surface area contributed by atoms with E-state index < -0.39 is 20.0 Å². The Bertz CT molecular complexity index is 2000. The SMILES string of the molecule is CCCCC(CC)C[Si]1(CC(CC)CCCC)c2cc(-c3nc(F)c(Br)c4nsnc34)sc2-c2sc(-c3nc(F)c(Br)c4nsnc34)cc21. The van der Waals surface area contributed by atoms with E-state index in [1.54, 1.807) is 22.7 Å². The molecule has 2 atom stereocenters. The number of hydrogen-bond acceptors (Lipinski definition) is 10. The number of thiophene rings is 2. The summed E-state index contributed by atoms with van der Waals surface area (Å²) >= 11 is 12.2. The Balaban J connectivity index is 1.48. The smallest absolute Gasteiger partial charge is 0.215 e. The fourth-order valence-electron chi connectivity index (χ4n) is 7.52. The molecular formula is C34H36Br2F2N6S4Si. The van der Waals surface area contributed by atoms with E-state index in [4.69, 9.17) is 0 Å². The second-order valence-electron chi connectivity index (χ2n) is 13.1. The van der Waals surface area contributed by atoms with Crippen LogP contribution < -0.4 is 10.4 Å². The molecule has 7 rings (SSSR count). The molecule has 0 fully saturated rings. The first kappa shape index (κ1) is 35.8. The summed E-state index contributed by atoms with van der Waals surface area (Å²) in [6.45, 7) is 9.23. The summed E-state index contributed by atoms with van der Waals surface area (Å²) in [5.41, 5.74) is 3.35. The molecule has 15 heteroatoms. The second-order valence-corrected chi connectivity index (χ2v) is 21.9. The predicted octanol–water partition coefficient (Wildman–Crippen LogP) is 11.7.